The van der Waals surface area contributed by atoms with Crippen molar-refractivity contribution in [3.05, 3.63) is 23.0 Å². The van der Waals surface area contributed by atoms with Gasteiger partial charge in [-0.25, -0.2) is 0 Å². The summed E-state index contributed by atoms with van der Waals surface area (Å²) in [6, 6.07) is 1.56. The van der Waals surface area contributed by atoms with Crippen molar-refractivity contribution in [2.24, 2.45) is 0 Å². The van der Waals surface area contributed by atoms with Crippen molar-refractivity contribution < 1.29 is 9.53 Å². The van der Waals surface area contributed by atoms with Crippen molar-refractivity contribution in [1.82, 2.24) is 10.3 Å². The number of halogens is 1. The fourth-order valence-electron chi connectivity index (χ4n) is 1.09. The Balaban J connectivity index is 2.50. The molecule has 1 atom stereocenters. The average molecular weight is 217 g/mol. The number of hydrogen-bond acceptors (Lipinski definition) is 2. The van der Waals surface area contributed by atoms with Crippen LogP contribution in [-0.4, -0.2) is 30.6 Å². The second-order valence-electron chi connectivity index (χ2n) is 3.06. The van der Waals surface area contributed by atoms with E-state index < -0.39 is 0 Å². The van der Waals surface area contributed by atoms with E-state index >= 15 is 0 Å². The molecule has 0 fully saturated rings. The Bertz CT molecular complexity index is 312. The zero-order valence-electron chi connectivity index (χ0n) is 8.13. The van der Waals surface area contributed by atoms with Gasteiger partial charge in [0.15, 0.2) is 0 Å². The van der Waals surface area contributed by atoms with E-state index in [1.807, 2.05) is 6.92 Å². The number of ether oxygens (including phenoxy) is 1. The second kappa shape index (κ2) is 5.02. The van der Waals surface area contributed by atoms with E-state index in [4.69, 9.17) is 16.3 Å². The lowest BCUT2D eigenvalue weighted by Gasteiger charge is -2.11. The highest BCUT2D eigenvalue weighted by Gasteiger charge is 2.10. The van der Waals surface area contributed by atoms with E-state index in [1.54, 1.807) is 19.4 Å². The third kappa shape index (κ3) is 3.05. The van der Waals surface area contributed by atoms with Crippen molar-refractivity contribution in [2.75, 3.05) is 13.7 Å². The van der Waals surface area contributed by atoms with Crippen molar-refractivity contribution in [2.45, 2.75) is 13.0 Å². The summed E-state index contributed by atoms with van der Waals surface area (Å²) in [6.45, 7) is 2.35. The van der Waals surface area contributed by atoms with Crippen LogP contribution in [-0.2, 0) is 4.74 Å². The molecule has 0 radical (unpaired) electrons. The number of methoxy groups -OCH3 is 1. The van der Waals surface area contributed by atoms with Gasteiger partial charge in [-0.2, -0.15) is 0 Å². The van der Waals surface area contributed by atoms with Crippen LogP contribution >= 0.6 is 11.6 Å². The standard InChI is InChI=1S/C9H13ClN2O2/c1-6(5-14-2)12-9(13)8-3-7(10)4-11-8/h3-4,6,11H,5H2,1-2H3,(H,12,13)/t6-/m1/s1. The Morgan fingerprint density at radius 2 is 2.50 bits per heavy atom. The average Bonchev–Trinajstić information content (AvgIpc) is 2.52. The molecule has 0 aliphatic rings. The molecule has 0 saturated heterocycles. The molecule has 1 aromatic rings. The summed E-state index contributed by atoms with van der Waals surface area (Å²) in [4.78, 5) is 14.3. The van der Waals surface area contributed by atoms with Gasteiger partial charge >= 0.3 is 0 Å². The Labute approximate surface area is 87.6 Å². The fourth-order valence-corrected chi connectivity index (χ4v) is 1.26. The highest BCUT2D eigenvalue weighted by Crippen LogP contribution is 2.09. The van der Waals surface area contributed by atoms with Gasteiger partial charge in [-0.05, 0) is 13.0 Å². The number of H-pyrrole nitrogens is 1. The lowest BCUT2D eigenvalue weighted by molar-refractivity contribution is 0.0901. The summed E-state index contributed by atoms with van der Waals surface area (Å²) < 4.78 is 4.89. The number of carbonyl (C=O) groups is 1. The lowest BCUT2D eigenvalue weighted by Crippen LogP contribution is -2.35. The summed E-state index contributed by atoms with van der Waals surface area (Å²) in [5.41, 5.74) is 0.456. The van der Waals surface area contributed by atoms with Gasteiger partial charge in [-0.3, -0.25) is 4.79 Å². The van der Waals surface area contributed by atoms with E-state index in [0.717, 1.165) is 0 Å². The fraction of sp³-hybridized carbons (Fsp3) is 0.444. The van der Waals surface area contributed by atoms with Crippen LogP contribution in [0.1, 0.15) is 17.4 Å². The molecule has 1 aromatic heterocycles. The SMILES string of the molecule is COC[C@@H](C)NC(=O)c1cc(Cl)c[nH]1. The molecular formula is C9H13ClN2O2. The van der Waals surface area contributed by atoms with Gasteiger partial charge in [0, 0.05) is 19.3 Å². The number of amides is 1. The first-order chi connectivity index (χ1) is 6.63. The first-order valence-corrected chi connectivity index (χ1v) is 4.65. The summed E-state index contributed by atoms with van der Waals surface area (Å²) in [5, 5.41) is 3.28. The molecule has 14 heavy (non-hydrogen) atoms. The van der Waals surface area contributed by atoms with Crippen LogP contribution in [0.5, 0.6) is 0 Å². The van der Waals surface area contributed by atoms with Gasteiger partial charge in [0.25, 0.3) is 5.91 Å². The van der Waals surface area contributed by atoms with Gasteiger partial charge in [-0.15, -0.1) is 0 Å². The molecule has 1 amide bonds. The number of carbonyl (C=O) groups excluding carboxylic acids is 1. The van der Waals surface area contributed by atoms with Gasteiger partial charge in [0.1, 0.15) is 5.69 Å². The molecule has 0 aliphatic heterocycles. The third-order valence-electron chi connectivity index (χ3n) is 1.69. The monoisotopic (exact) mass is 216 g/mol. The van der Waals surface area contributed by atoms with E-state index in [0.29, 0.717) is 17.3 Å². The highest BCUT2D eigenvalue weighted by atomic mass is 35.5. The maximum Gasteiger partial charge on any atom is 0.268 e. The van der Waals surface area contributed by atoms with Gasteiger partial charge < -0.3 is 15.0 Å². The van der Waals surface area contributed by atoms with Crippen molar-refractivity contribution in [3.63, 3.8) is 0 Å². The predicted molar refractivity (Wildman–Crippen MR) is 54.6 cm³/mol. The Morgan fingerprint density at radius 3 is 3.00 bits per heavy atom. The van der Waals surface area contributed by atoms with Crippen LogP contribution < -0.4 is 5.32 Å². The van der Waals surface area contributed by atoms with Crippen molar-refractivity contribution in [3.8, 4) is 0 Å². The smallest absolute Gasteiger partial charge is 0.268 e. The first kappa shape index (κ1) is 11.1. The normalized spacial score (nSPS) is 12.5. The van der Waals surface area contributed by atoms with Crippen LogP contribution in [0, 0.1) is 0 Å². The van der Waals surface area contributed by atoms with Crippen molar-refractivity contribution >= 4 is 17.5 Å². The maximum absolute atomic E-state index is 11.5. The molecular weight excluding hydrogens is 204 g/mol. The van der Waals surface area contributed by atoms with Crippen molar-refractivity contribution in [1.29, 1.82) is 0 Å². The summed E-state index contributed by atoms with van der Waals surface area (Å²) in [6.07, 6.45) is 1.57. The molecule has 0 aromatic carbocycles. The van der Waals surface area contributed by atoms with Crippen LogP contribution in [0.3, 0.4) is 0 Å². The molecule has 2 N–H and O–H groups in total. The van der Waals surface area contributed by atoms with Gasteiger partial charge in [-0.1, -0.05) is 11.6 Å². The lowest BCUT2D eigenvalue weighted by atomic mass is 10.3. The maximum atomic E-state index is 11.5. The summed E-state index contributed by atoms with van der Waals surface area (Å²) in [7, 11) is 1.59. The largest absolute Gasteiger partial charge is 0.383 e. The molecule has 0 bridgehead atoms. The molecule has 5 heteroatoms. The summed E-state index contributed by atoms with van der Waals surface area (Å²) >= 11 is 5.67. The molecule has 0 aliphatic carbocycles. The molecule has 0 saturated carbocycles. The van der Waals surface area contributed by atoms with Gasteiger partial charge in [0.2, 0.25) is 0 Å². The van der Waals surface area contributed by atoms with E-state index in [9.17, 15) is 4.79 Å². The third-order valence-corrected chi connectivity index (χ3v) is 1.90. The van der Waals surface area contributed by atoms with Crippen LogP contribution in [0.15, 0.2) is 12.3 Å². The molecule has 4 nitrogen and oxygen atoms in total. The first-order valence-electron chi connectivity index (χ1n) is 4.27. The van der Waals surface area contributed by atoms with Gasteiger partial charge in [0.05, 0.1) is 11.6 Å². The van der Waals surface area contributed by atoms with E-state index in [-0.39, 0.29) is 11.9 Å². The predicted octanol–water partition coefficient (Wildman–Crippen LogP) is 1.43. The zero-order chi connectivity index (χ0) is 10.6. The number of rotatable bonds is 4. The molecule has 1 heterocycles. The summed E-state index contributed by atoms with van der Waals surface area (Å²) in [5.74, 6) is -0.179. The quantitative estimate of drug-likeness (QED) is 0.800. The molecule has 1 rings (SSSR count). The number of aromatic nitrogens is 1. The Morgan fingerprint density at radius 1 is 1.79 bits per heavy atom. The van der Waals surface area contributed by atoms with Crippen LogP contribution in [0.25, 0.3) is 0 Å². The Kier molecular flexibility index (Phi) is 3.98. The van der Waals surface area contributed by atoms with Crippen LogP contribution in [0.2, 0.25) is 5.02 Å². The molecule has 0 unspecified atom stereocenters. The number of nitrogens with one attached hydrogen (secondary N) is 2. The Hall–Kier alpha value is -1.00. The molecule has 0 spiro atoms. The second-order valence-corrected chi connectivity index (χ2v) is 3.50. The minimum absolute atomic E-state index is 0.0189. The number of aromatic amines is 1. The number of hydrogen-bond donors (Lipinski definition) is 2. The molecule has 78 valence electrons. The van der Waals surface area contributed by atoms with Crippen LogP contribution in [0.4, 0.5) is 0 Å². The van der Waals surface area contributed by atoms with E-state index in [2.05, 4.69) is 10.3 Å². The highest BCUT2D eigenvalue weighted by molar-refractivity contribution is 6.30. The minimum atomic E-state index is -0.179. The zero-order valence-corrected chi connectivity index (χ0v) is 8.89. The topological polar surface area (TPSA) is 54.1 Å². The minimum Gasteiger partial charge on any atom is -0.383 e. The van der Waals surface area contributed by atoms with E-state index in [1.165, 1.54) is 0 Å².